The van der Waals surface area contributed by atoms with Gasteiger partial charge in [-0.25, -0.2) is 0 Å². The van der Waals surface area contributed by atoms with Crippen LogP contribution in [0.4, 0.5) is 0 Å². The Hall–Kier alpha value is -0.570. The molecule has 0 spiro atoms. The summed E-state index contributed by atoms with van der Waals surface area (Å²) in [6.07, 6.45) is 9.93. The van der Waals surface area contributed by atoms with E-state index in [1.54, 1.807) is 0 Å². The van der Waals surface area contributed by atoms with Crippen molar-refractivity contribution in [3.05, 3.63) is 0 Å². The maximum atomic E-state index is 11.3. The molecule has 3 heteroatoms. The Labute approximate surface area is 113 Å². The fourth-order valence-electron chi connectivity index (χ4n) is 2.07. The van der Waals surface area contributed by atoms with Gasteiger partial charge in [0.05, 0.1) is 13.2 Å². The van der Waals surface area contributed by atoms with Crippen LogP contribution in [0.3, 0.4) is 0 Å². The molecule has 1 N–H and O–H groups in total. The molecule has 3 nitrogen and oxygen atoms in total. The maximum Gasteiger partial charge on any atom is 0.319 e. The number of carbonyl (C=O) groups is 1. The summed E-state index contributed by atoms with van der Waals surface area (Å²) in [6.45, 7) is 7.11. The molecule has 0 atom stereocenters. The Bertz CT molecular complexity index is 185. The number of esters is 1. The number of ether oxygens (including phenoxy) is 1. The van der Waals surface area contributed by atoms with E-state index >= 15 is 0 Å². The van der Waals surface area contributed by atoms with Gasteiger partial charge in [0.1, 0.15) is 0 Å². The van der Waals surface area contributed by atoms with Gasteiger partial charge in [0, 0.05) is 6.04 Å². The summed E-state index contributed by atoms with van der Waals surface area (Å²) in [5.74, 6) is -0.131. The van der Waals surface area contributed by atoms with Gasteiger partial charge in [-0.15, -0.1) is 0 Å². The Morgan fingerprint density at radius 3 is 2.00 bits per heavy atom. The molecule has 18 heavy (non-hydrogen) atoms. The first kappa shape index (κ1) is 17.4. The van der Waals surface area contributed by atoms with Crippen LogP contribution < -0.4 is 5.32 Å². The molecule has 0 bridgehead atoms. The van der Waals surface area contributed by atoms with Crippen LogP contribution >= 0.6 is 0 Å². The first-order valence-electron chi connectivity index (χ1n) is 7.63. The normalized spacial score (nSPS) is 10.9. The van der Waals surface area contributed by atoms with E-state index in [1.165, 1.54) is 51.4 Å². The van der Waals surface area contributed by atoms with Crippen molar-refractivity contribution in [2.24, 2.45) is 0 Å². The van der Waals surface area contributed by atoms with E-state index in [1.807, 2.05) is 6.92 Å². The minimum atomic E-state index is -0.131. The van der Waals surface area contributed by atoms with E-state index in [-0.39, 0.29) is 5.97 Å². The average molecular weight is 257 g/mol. The largest absolute Gasteiger partial charge is 0.465 e. The van der Waals surface area contributed by atoms with Crippen LogP contribution in [0, 0.1) is 0 Å². The number of hydrogen-bond acceptors (Lipinski definition) is 3. The van der Waals surface area contributed by atoms with E-state index in [4.69, 9.17) is 4.74 Å². The molecule has 0 aliphatic heterocycles. The van der Waals surface area contributed by atoms with Crippen molar-refractivity contribution in [1.82, 2.24) is 5.32 Å². The Kier molecular flexibility index (Phi) is 12.5. The fraction of sp³-hybridized carbons (Fsp3) is 0.933. The minimum absolute atomic E-state index is 0.131. The predicted octanol–water partition coefficient (Wildman–Crippen LogP) is 3.67. The lowest BCUT2D eigenvalue weighted by Crippen LogP contribution is -2.34. The highest BCUT2D eigenvalue weighted by atomic mass is 16.5. The summed E-state index contributed by atoms with van der Waals surface area (Å²) >= 11 is 0. The Morgan fingerprint density at radius 1 is 1.00 bits per heavy atom. The molecule has 0 saturated heterocycles. The number of nitrogens with one attached hydrogen (secondary N) is 1. The summed E-state index contributed by atoms with van der Waals surface area (Å²) in [5, 5.41) is 3.35. The van der Waals surface area contributed by atoms with Crippen LogP contribution in [0.25, 0.3) is 0 Å². The molecule has 0 amide bonds. The Morgan fingerprint density at radius 2 is 1.56 bits per heavy atom. The van der Waals surface area contributed by atoms with Crippen LogP contribution in [0.1, 0.15) is 72.1 Å². The van der Waals surface area contributed by atoms with Crippen LogP contribution in [0.2, 0.25) is 0 Å². The second-order valence-corrected chi connectivity index (χ2v) is 4.87. The molecule has 0 aromatic heterocycles. The van der Waals surface area contributed by atoms with Crippen molar-refractivity contribution in [2.75, 3.05) is 13.2 Å². The number of unbranched alkanes of at least 4 members (excludes halogenated alkanes) is 4. The predicted molar refractivity (Wildman–Crippen MR) is 76.7 cm³/mol. The van der Waals surface area contributed by atoms with E-state index in [0.29, 0.717) is 19.2 Å². The molecular formula is C15H31NO2. The van der Waals surface area contributed by atoms with Crippen molar-refractivity contribution >= 4 is 5.97 Å². The highest BCUT2D eigenvalue weighted by Gasteiger charge is 2.10. The summed E-state index contributed by atoms with van der Waals surface area (Å²) in [7, 11) is 0. The number of carbonyl (C=O) groups excluding carboxylic acids is 1. The molecule has 0 saturated carbocycles. The van der Waals surface area contributed by atoms with Crippen LogP contribution in [-0.2, 0) is 9.53 Å². The van der Waals surface area contributed by atoms with Gasteiger partial charge in [-0.2, -0.15) is 0 Å². The zero-order chi connectivity index (χ0) is 13.6. The van der Waals surface area contributed by atoms with Crippen molar-refractivity contribution in [2.45, 2.75) is 78.2 Å². The molecule has 0 aromatic rings. The fourth-order valence-corrected chi connectivity index (χ4v) is 2.07. The SMILES string of the molecule is CCCCCC(CCCCC)NCC(=O)OCC. The molecule has 108 valence electrons. The van der Waals surface area contributed by atoms with Gasteiger partial charge in [-0.05, 0) is 19.8 Å². The van der Waals surface area contributed by atoms with Crippen LogP contribution in [0.15, 0.2) is 0 Å². The maximum absolute atomic E-state index is 11.3. The summed E-state index contributed by atoms with van der Waals surface area (Å²) in [5.41, 5.74) is 0. The first-order chi connectivity index (χ1) is 8.74. The molecule has 0 aromatic carbocycles. The van der Waals surface area contributed by atoms with E-state index in [0.717, 1.165) is 0 Å². The number of hydrogen-bond donors (Lipinski definition) is 1. The van der Waals surface area contributed by atoms with Crippen LogP contribution in [-0.4, -0.2) is 25.2 Å². The molecule has 0 radical (unpaired) electrons. The van der Waals surface area contributed by atoms with Crippen molar-refractivity contribution in [3.8, 4) is 0 Å². The third kappa shape index (κ3) is 10.6. The molecular weight excluding hydrogens is 226 g/mol. The standard InChI is InChI=1S/C15H31NO2/c1-4-7-9-11-14(12-10-8-5-2)16-13-15(17)18-6-3/h14,16H,4-13H2,1-3H3. The lowest BCUT2D eigenvalue weighted by Gasteiger charge is -2.18. The van der Waals surface area contributed by atoms with Gasteiger partial charge in [-0.3, -0.25) is 4.79 Å². The molecule has 0 aliphatic rings. The minimum Gasteiger partial charge on any atom is -0.465 e. The van der Waals surface area contributed by atoms with Gasteiger partial charge >= 0.3 is 5.97 Å². The van der Waals surface area contributed by atoms with Crippen molar-refractivity contribution in [1.29, 1.82) is 0 Å². The van der Waals surface area contributed by atoms with Crippen molar-refractivity contribution in [3.63, 3.8) is 0 Å². The second kappa shape index (κ2) is 12.9. The lowest BCUT2D eigenvalue weighted by atomic mass is 10.0. The Balaban J connectivity index is 3.83. The zero-order valence-corrected chi connectivity index (χ0v) is 12.5. The quantitative estimate of drug-likeness (QED) is 0.428. The second-order valence-electron chi connectivity index (χ2n) is 4.87. The topological polar surface area (TPSA) is 38.3 Å². The van der Waals surface area contributed by atoms with Gasteiger partial charge in [0.25, 0.3) is 0 Å². The lowest BCUT2D eigenvalue weighted by molar-refractivity contribution is -0.142. The highest BCUT2D eigenvalue weighted by Crippen LogP contribution is 2.10. The van der Waals surface area contributed by atoms with Gasteiger partial charge in [0.2, 0.25) is 0 Å². The average Bonchev–Trinajstić information content (AvgIpc) is 2.36. The van der Waals surface area contributed by atoms with E-state index < -0.39 is 0 Å². The van der Waals surface area contributed by atoms with Crippen LogP contribution in [0.5, 0.6) is 0 Å². The summed E-state index contributed by atoms with van der Waals surface area (Å²) in [4.78, 5) is 11.3. The van der Waals surface area contributed by atoms with E-state index in [9.17, 15) is 4.79 Å². The third-order valence-corrected chi connectivity index (χ3v) is 3.15. The number of rotatable bonds is 12. The third-order valence-electron chi connectivity index (χ3n) is 3.15. The van der Waals surface area contributed by atoms with Gasteiger partial charge in [-0.1, -0.05) is 52.4 Å². The molecule has 0 aliphatic carbocycles. The molecule has 0 heterocycles. The smallest absolute Gasteiger partial charge is 0.319 e. The molecule has 0 unspecified atom stereocenters. The van der Waals surface area contributed by atoms with Crippen molar-refractivity contribution < 1.29 is 9.53 Å². The van der Waals surface area contributed by atoms with Gasteiger partial charge < -0.3 is 10.1 Å². The molecule has 0 fully saturated rings. The summed E-state index contributed by atoms with van der Waals surface area (Å²) in [6, 6.07) is 0.479. The monoisotopic (exact) mass is 257 g/mol. The van der Waals surface area contributed by atoms with E-state index in [2.05, 4.69) is 19.2 Å². The molecule has 0 rings (SSSR count). The first-order valence-corrected chi connectivity index (χ1v) is 7.63. The highest BCUT2D eigenvalue weighted by molar-refractivity contribution is 5.71. The zero-order valence-electron chi connectivity index (χ0n) is 12.5. The summed E-state index contributed by atoms with van der Waals surface area (Å²) < 4.78 is 4.94. The van der Waals surface area contributed by atoms with Gasteiger partial charge in [0.15, 0.2) is 0 Å².